The van der Waals surface area contributed by atoms with Crippen molar-refractivity contribution in [3.8, 4) is 5.88 Å². The Balaban J connectivity index is 3.04. The predicted octanol–water partition coefficient (Wildman–Crippen LogP) is 2.01. The van der Waals surface area contributed by atoms with E-state index in [1.807, 2.05) is 0 Å². The van der Waals surface area contributed by atoms with E-state index in [0.717, 1.165) is 6.07 Å². The second-order valence-electron chi connectivity index (χ2n) is 2.54. The van der Waals surface area contributed by atoms with Crippen molar-refractivity contribution in [3.05, 3.63) is 17.6 Å². The lowest BCUT2D eigenvalue weighted by molar-refractivity contribution is -0.276. The van der Waals surface area contributed by atoms with Crippen LogP contribution in [-0.4, -0.2) is 11.3 Å². The Labute approximate surface area is 76.5 Å². The molecule has 3 nitrogen and oxygen atoms in total. The minimum Gasteiger partial charge on any atom is -0.394 e. The van der Waals surface area contributed by atoms with E-state index in [4.69, 9.17) is 5.73 Å². The number of nitrogen functional groups attached to an aromatic ring is 1. The van der Waals surface area contributed by atoms with Gasteiger partial charge in [0.15, 0.2) is 0 Å². The molecule has 0 saturated heterocycles. The molecular weight excluding hydrogens is 204 g/mol. The van der Waals surface area contributed by atoms with Crippen molar-refractivity contribution < 1.29 is 22.3 Å². The van der Waals surface area contributed by atoms with E-state index in [0.29, 0.717) is 0 Å². The van der Waals surface area contributed by atoms with Crippen LogP contribution in [0.3, 0.4) is 0 Å². The largest absolute Gasteiger partial charge is 0.574 e. The molecule has 1 heterocycles. The van der Waals surface area contributed by atoms with E-state index in [1.54, 1.807) is 0 Å². The third-order valence-corrected chi connectivity index (χ3v) is 1.36. The molecule has 0 aliphatic heterocycles. The van der Waals surface area contributed by atoms with Crippen molar-refractivity contribution in [3.63, 3.8) is 0 Å². The molecule has 0 aliphatic carbocycles. The fraction of sp³-hybridized carbons (Fsp3) is 0.286. The van der Waals surface area contributed by atoms with Crippen LogP contribution in [0.1, 0.15) is 5.56 Å². The van der Waals surface area contributed by atoms with Gasteiger partial charge in [0.25, 0.3) is 0 Å². The standard InChI is InChI=1S/C7H6F4N2O/c1-3-2-4(12)6(13-5(3)8)14-7(9,10)11/h2H,12H2,1H3. The fourth-order valence-electron chi connectivity index (χ4n) is 0.788. The first-order chi connectivity index (χ1) is 6.29. The number of rotatable bonds is 1. The summed E-state index contributed by atoms with van der Waals surface area (Å²) in [5.74, 6) is -2.01. The quantitative estimate of drug-likeness (QED) is 0.569. The van der Waals surface area contributed by atoms with Crippen molar-refractivity contribution in [2.45, 2.75) is 13.3 Å². The summed E-state index contributed by atoms with van der Waals surface area (Å²) >= 11 is 0. The molecule has 1 aromatic rings. The summed E-state index contributed by atoms with van der Waals surface area (Å²) in [4.78, 5) is 2.92. The molecule has 78 valence electrons. The first-order valence-corrected chi connectivity index (χ1v) is 3.48. The van der Waals surface area contributed by atoms with Crippen LogP contribution < -0.4 is 10.5 Å². The SMILES string of the molecule is Cc1cc(N)c(OC(F)(F)F)nc1F. The minimum absolute atomic E-state index is 0.0528. The lowest BCUT2D eigenvalue weighted by atomic mass is 10.3. The van der Waals surface area contributed by atoms with Gasteiger partial charge in [-0.25, -0.2) is 0 Å². The number of hydrogen-bond acceptors (Lipinski definition) is 3. The van der Waals surface area contributed by atoms with E-state index in [-0.39, 0.29) is 11.3 Å². The number of alkyl halides is 3. The highest BCUT2D eigenvalue weighted by atomic mass is 19.4. The van der Waals surface area contributed by atoms with E-state index < -0.39 is 18.2 Å². The number of aryl methyl sites for hydroxylation is 1. The third kappa shape index (κ3) is 2.48. The van der Waals surface area contributed by atoms with Crippen LogP contribution >= 0.6 is 0 Å². The van der Waals surface area contributed by atoms with Crippen molar-refractivity contribution >= 4 is 5.69 Å². The maximum Gasteiger partial charge on any atom is 0.574 e. The van der Waals surface area contributed by atoms with Gasteiger partial charge >= 0.3 is 6.36 Å². The van der Waals surface area contributed by atoms with Crippen molar-refractivity contribution in [1.29, 1.82) is 0 Å². The van der Waals surface area contributed by atoms with Crippen LogP contribution in [0.2, 0.25) is 0 Å². The van der Waals surface area contributed by atoms with Crippen molar-refractivity contribution in [1.82, 2.24) is 4.98 Å². The average Bonchev–Trinajstić information content (AvgIpc) is 1.97. The molecule has 0 amide bonds. The van der Waals surface area contributed by atoms with Crippen LogP contribution in [0.5, 0.6) is 5.88 Å². The number of aromatic nitrogens is 1. The summed E-state index contributed by atoms with van der Waals surface area (Å²) in [6, 6.07) is 1.02. The third-order valence-electron chi connectivity index (χ3n) is 1.36. The van der Waals surface area contributed by atoms with Gasteiger partial charge in [-0.2, -0.15) is 9.37 Å². The molecule has 0 radical (unpaired) electrons. The number of hydrogen-bond donors (Lipinski definition) is 1. The zero-order valence-corrected chi connectivity index (χ0v) is 7.02. The lowest BCUT2D eigenvalue weighted by Crippen LogP contribution is -2.19. The summed E-state index contributed by atoms with van der Waals surface area (Å²) in [6.07, 6.45) is -4.93. The molecule has 7 heteroatoms. The molecule has 0 bridgehead atoms. The van der Waals surface area contributed by atoms with Gasteiger partial charge < -0.3 is 10.5 Å². The van der Waals surface area contributed by atoms with Crippen LogP contribution in [0.15, 0.2) is 6.07 Å². The van der Waals surface area contributed by atoms with Gasteiger partial charge in [0.1, 0.15) is 0 Å². The zero-order chi connectivity index (χ0) is 10.9. The highest BCUT2D eigenvalue weighted by molar-refractivity contribution is 5.49. The molecule has 0 spiro atoms. The van der Waals surface area contributed by atoms with Crippen molar-refractivity contribution in [2.24, 2.45) is 0 Å². The first kappa shape index (κ1) is 10.6. The van der Waals surface area contributed by atoms with E-state index in [1.165, 1.54) is 6.92 Å². The van der Waals surface area contributed by atoms with E-state index in [9.17, 15) is 17.6 Å². The van der Waals surface area contributed by atoms with Crippen LogP contribution in [0, 0.1) is 12.9 Å². The Morgan fingerprint density at radius 1 is 1.43 bits per heavy atom. The molecule has 0 unspecified atom stereocenters. The molecule has 0 aliphatic rings. The highest BCUT2D eigenvalue weighted by Crippen LogP contribution is 2.27. The fourth-order valence-corrected chi connectivity index (χ4v) is 0.788. The Bertz CT molecular complexity index is 350. The van der Waals surface area contributed by atoms with Crippen LogP contribution in [0.25, 0.3) is 0 Å². The maximum absolute atomic E-state index is 12.7. The average molecular weight is 210 g/mol. The first-order valence-electron chi connectivity index (χ1n) is 3.48. The van der Waals surface area contributed by atoms with E-state index >= 15 is 0 Å². The zero-order valence-electron chi connectivity index (χ0n) is 7.02. The van der Waals surface area contributed by atoms with Crippen LogP contribution in [-0.2, 0) is 0 Å². The Morgan fingerprint density at radius 3 is 2.50 bits per heavy atom. The minimum atomic E-state index is -4.93. The lowest BCUT2D eigenvalue weighted by Gasteiger charge is -2.10. The Hall–Kier alpha value is -1.53. The molecule has 0 fully saturated rings. The monoisotopic (exact) mass is 210 g/mol. The van der Waals surface area contributed by atoms with Gasteiger partial charge in [0.05, 0.1) is 5.69 Å². The molecule has 0 atom stereocenters. The summed E-state index contributed by atoms with van der Waals surface area (Å²) in [5, 5.41) is 0. The number of anilines is 1. The number of nitrogens with two attached hydrogens (primary N) is 1. The van der Waals surface area contributed by atoms with Gasteiger partial charge in [0.2, 0.25) is 11.8 Å². The topological polar surface area (TPSA) is 48.1 Å². The molecule has 1 rings (SSSR count). The van der Waals surface area contributed by atoms with E-state index in [2.05, 4.69) is 9.72 Å². The van der Waals surface area contributed by atoms with Gasteiger partial charge in [-0.05, 0) is 13.0 Å². The smallest absolute Gasteiger partial charge is 0.394 e. The molecule has 0 aromatic carbocycles. The van der Waals surface area contributed by atoms with Crippen molar-refractivity contribution in [2.75, 3.05) is 5.73 Å². The summed E-state index contributed by atoms with van der Waals surface area (Å²) in [6.45, 7) is 1.33. The molecule has 14 heavy (non-hydrogen) atoms. The summed E-state index contributed by atoms with van der Waals surface area (Å²) in [5.41, 5.74) is 4.84. The summed E-state index contributed by atoms with van der Waals surface area (Å²) < 4.78 is 51.3. The van der Waals surface area contributed by atoms with Gasteiger partial charge in [-0.3, -0.25) is 0 Å². The van der Waals surface area contributed by atoms with Gasteiger partial charge in [-0.1, -0.05) is 0 Å². The second-order valence-corrected chi connectivity index (χ2v) is 2.54. The highest BCUT2D eigenvalue weighted by Gasteiger charge is 2.33. The summed E-state index contributed by atoms with van der Waals surface area (Å²) in [7, 11) is 0. The number of halogens is 4. The molecule has 2 N–H and O–H groups in total. The van der Waals surface area contributed by atoms with Gasteiger partial charge in [-0.15, -0.1) is 13.2 Å². The second kappa shape index (κ2) is 3.32. The number of ether oxygens (including phenoxy) is 1. The van der Waals surface area contributed by atoms with Crippen LogP contribution in [0.4, 0.5) is 23.2 Å². The number of nitrogens with zero attached hydrogens (tertiary/aromatic N) is 1. The predicted molar refractivity (Wildman–Crippen MR) is 40.0 cm³/mol. The molecular formula is C7H6F4N2O. The molecule has 1 aromatic heterocycles. The normalized spacial score (nSPS) is 11.5. The Morgan fingerprint density at radius 2 is 2.00 bits per heavy atom. The Kier molecular flexibility index (Phi) is 2.50. The number of pyridine rings is 1. The molecule has 0 saturated carbocycles. The maximum atomic E-state index is 12.7. The van der Waals surface area contributed by atoms with Gasteiger partial charge in [0, 0.05) is 5.56 Å².